The molecule has 136 valence electrons. The molecule has 0 N–H and O–H groups in total. The van der Waals surface area contributed by atoms with Crippen LogP contribution in [0.25, 0.3) is 5.69 Å². The number of hydrogen-bond donors (Lipinski definition) is 0. The van der Waals surface area contributed by atoms with Gasteiger partial charge in [0.2, 0.25) is 4.77 Å². The fourth-order valence-electron chi connectivity index (χ4n) is 2.49. The average Bonchev–Trinajstić information content (AvgIpc) is 2.99. The van der Waals surface area contributed by atoms with Crippen LogP contribution in [-0.4, -0.2) is 38.8 Å². The highest BCUT2D eigenvalue weighted by atomic mass is 35.5. The highest BCUT2D eigenvalue weighted by Crippen LogP contribution is 2.26. The van der Waals surface area contributed by atoms with E-state index in [1.807, 2.05) is 48.3 Å². The highest BCUT2D eigenvalue weighted by molar-refractivity contribution is 7.71. The normalized spacial score (nSPS) is 11.1. The number of rotatable bonds is 6. The molecule has 2 aromatic carbocycles. The predicted molar refractivity (Wildman–Crippen MR) is 105 cm³/mol. The van der Waals surface area contributed by atoms with Gasteiger partial charge in [0, 0.05) is 6.54 Å². The van der Waals surface area contributed by atoms with Crippen molar-refractivity contribution < 1.29 is 4.74 Å². The van der Waals surface area contributed by atoms with E-state index in [0.717, 1.165) is 17.0 Å². The van der Waals surface area contributed by atoms with Gasteiger partial charge < -0.3 is 4.74 Å². The third kappa shape index (κ3) is 4.07. The smallest absolute Gasteiger partial charge is 0.221 e. The monoisotopic (exact) mass is 409 g/mol. The summed E-state index contributed by atoms with van der Waals surface area (Å²) in [6, 6.07) is 13.0. The van der Waals surface area contributed by atoms with Gasteiger partial charge in [0.1, 0.15) is 5.75 Å². The molecule has 6 nitrogen and oxygen atoms in total. The zero-order valence-electron chi connectivity index (χ0n) is 14.3. The minimum Gasteiger partial charge on any atom is -0.497 e. The average molecular weight is 410 g/mol. The van der Waals surface area contributed by atoms with Gasteiger partial charge in [0.25, 0.3) is 0 Å². The molecule has 26 heavy (non-hydrogen) atoms. The van der Waals surface area contributed by atoms with Crippen LogP contribution in [0.15, 0.2) is 42.5 Å². The molecule has 3 aromatic rings. The Morgan fingerprint density at radius 1 is 1.12 bits per heavy atom. The first-order valence-electron chi connectivity index (χ1n) is 7.78. The van der Waals surface area contributed by atoms with Gasteiger partial charge in [-0.05, 0) is 65.6 Å². The molecule has 0 aliphatic rings. The Morgan fingerprint density at radius 2 is 1.85 bits per heavy atom. The number of hydrogen-bond acceptors (Lipinski definition) is 5. The molecule has 0 radical (unpaired) electrons. The van der Waals surface area contributed by atoms with E-state index in [0.29, 0.717) is 28.0 Å². The Kier molecular flexibility index (Phi) is 5.93. The van der Waals surface area contributed by atoms with Crippen molar-refractivity contribution >= 4 is 35.4 Å². The molecule has 3 rings (SSSR count). The maximum atomic E-state index is 6.25. The van der Waals surface area contributed by atoms with Crippen molar-refractivity contribution in [3.05, 3.63) is 62.8 Å². The summed E-state index contributed by atoms with van der Waals surface area (Å²) in [6.45, 7) is 1.08. The molecule has 9 heteroatoms. The molecule has 0 saturated heterocycles. The van der Waals surface area contributed by atoms with Crippen LogP contribution >= 0.6 is 35.4 Å². The van der Waals surface area contributed by atoms with E-state index < -0.39 is 0 Å². The zero-order valence-corrected chi connectivity index (χ0v) is 16.6. The van der Waals surface area contributed by atoms with Crippen molar-refractivity contribution in [2.75, 3.05) is 14.2 Å². The second-order valence-corrected chi connectivity index (χ2v) is 6.89. The fraction of sp³-hybridized carbons (Fsp3) is 0.235. The maximum absolute atomic E-state index is 6.25. The van der Waals surface area contributed by atoms with Crippen LogP contribution in [0.1, 0.15) is 5.56 Å². The van der Waals surface area contributed by atoms with Crippen LogP contribution in [0, 0.1) is 4.77 Å². The van der Waals surface area contributed by atoms with E-state index in [1.54, 1.807) is 22.5 Å². The largest absolute Gasteiger partial charge is 0.497 e. The first kappa shape index (κ1) is 18.8. The number of nitrogens with zero attached hydrogens (tertiary/aromatic N) is 5. The fourth-order valence-corrected chi connectivity index (χ4v) is 3.10. The number of benzene rings is 2. The molecule has 0 fully saturated rings. The lowest BCUT2D eigenvalue weighted by Gasteiger charge is -2.17. The third-order valence-corrected chi connectivity index (χ3v) is 5.05. The van der Waals surface area contributed by atoms with Gasteiger partial charge in [0.05, 0.1) is 29.5 Å². The van der Waals surface area contributed by atoms with Gasteiger partial charge >= 0.3 is 0 Å². The first-order chi connectivity index (χ1) is 12.5. The van der Waals surface area contributed by atoms with Crippen LogP contribution in [-0.2, 0) is 13.2 Å². The topological polar surface area (TPSA) is 48.1 Å². The van der Waals surface area contributed by atoms with E-state index >= 15 is 0 Å². The standard InChI is InChI=1S/C17H17Cl2N5OS/c1-22(10-12-4-3-5-15(18)16(12)19)11-23-17(26)24(21-20-23)13-6-8-14(25-2)9-7-13/h3-9H,10-11H2,1-2H3. The van der Waals surface area contributed by atoms with Gasteiger partial charge in [-0.2, -0.15) is 4.68 Å². The number of aromatic nitrogens is 4. The Labute approximate surface area is 166 Å². The summed E-state index contributed by atoms with van der Waals surface area (Å²) in [7, 11) is 3.57. The van der Waals surface area contributed by atoms with Crippen molar-refractivity contribution in [3.8, 4) is 11.4 Å². The Morgan fingerprint density at radius 3 is 2.54 bits per heavy atom. The van der Waals surface area contributed by atoms with Gasteiger partial charge in [-0.3, -0.25) is 4.90 Å². The number of methoxy groups -OCH3 is 1. The molecule has 0 unspecified atom stereocenters. The lowest BCUT2D eigenvalue weighted by atomic mass is 10.2. The Hall–Kier alpha value is -1.93. The summed E-state index contributed by atoms with van der Waals surface area (Å²) in [5.74, 6) is 0.769. The first-order valence-corrected chi connectivity index (χ1v) is 8.94. The van der Waals surface area contributed by atoms with Crippen LogP contribution in [0.3, 0.4) is 0 Å². The lowest BCUT2D eigenvalue weighted by Crippen LogP contribution is -2.22. The van der Waals surface area contributed by atoms with Gasteiger partial charge in [0.15, 0.2) is 0 Å². The second-order valence-electron chi connectivity index (χ2n) is 5.74. The van der Waals surface area contributed by atoms with Crippen LogP contribution in [0.2, 0.25) is 10.0 Å². The van der Waals surface area contributed by atoms with E-state index in [1.165, 1.54) is 0 Å². The van der Waals surface area contributed by atoms with E-state index in [4.69, 9.17) is 40.2 Å². The molecular formula is C17H17Cl2N5OS. The van der Waals surface area contributed by atoms with Crippen LogP contribution in [0.5, 0.6) is 5.75 Å². The van der Waals surface area contributed by atoms with Gasteiger partial charge in [-0.15, -0.1) is 0 Å². The molecule has 0 saturated carbocycles. The second kappa shape index (κ2) is 8.18. The van der Waals surface area contributed by atoms with Crippen molar-refractivity contribution in [1.82, 2.24) is 24.7 Å². The molecule has 0 amide bonds. The molecule has 0 aliphatic carbocycles. The molecule has 1 aromatic heterocycles. The summed E-state index contributed by atoms with van der Waals surface area (Å²) in [5, 5.41) is 9.40. The zero-order chi connectivity index (χ0) is 18.7. The van der Waals surface area contributed by atoms with Crippen molar-refractivity contribution in [2.45, 2.75) is 13.2 Å². The minimum atomic E-state index is 0.470. The summed E-state index contributed by atoms with van der Waals surface area (Å²) in [5.41, 5.74) is 1.76. The summed E-state index contributed by atoms with van der Waals surface area (Å²) in [4.78, 5) is 2.03. The van der Waals surface area contributed by atoms with E-state index in [9.17, 15) is 0 Å². The SMILES string of the molecule is COc1ccc(-n2nnn(CN(C)Cc3cccc(Cl)c3Cl)c2=S)cc1. The quantitative estimate of drug-likeness (QED) is 0.570. The molecular weight excluding hydrogens is 393 g/mol. The molecule has 1 heterocycles. The van der Waals surface area contributed by atoms with E-state index in [-0.39, 0.29) is 0 Å². The minimum absolute atomic E-state index is 0.470. The van der Waals surface area contributed by atoms with Crippen molar-refractivity contribution in [3.63, 3.8) is 0 Å². The number of halogens is 2. The van der Waals surface area contributed by atoms with E-state index in [2.05, 4.69) is 10.4 Å². The summed E-state index contributed by atoms with van der Waals surface area (Å²) in [6.07, 6.45) is 0. The van der Waals surface area contributed by atoms with Gasteiger partial charge in [-0.1, -0.05) is 35.3 Å². The third-order valence-electron chi connectivity index (χ3n) is 3.80. The number of ether oxygens (including phenoxy) is 1. The molecule has 0 spiro atoms. The van der Waals surface area contributed by atoms with Crippen molar-refractivity contribution in [2.24, 2.45) is 0 Å². The number of tetrazole rings is 1. The maximum Gasteiger partial charge on any atom is 0.221 e. The summed E-state index contributed by atoms with van der Waals surface area (Å²) < 4.78 is 8.92. The predicted octanol–water partition coefficient (Wildman–Crippen LogP) is 4.20. The molecule has 0 atom stereocenters. The molecule has 0 aliphatic heterocycles. The van der Waals surface area contributed by atoms with Crippen LogP contribution < -0.4 is 4.74 Å². The lowest BCUT2D eigenvalue weighted by molar-refractivity contribution is 0.242. The summed E-state index contributed by atoms with van der Waals surface area (Å²) >= 11 is 17.8. The van der Waals surface area contributed by atoms with Gasteiger partial charge in [-0.25, -0.2) is 4.68 Å². The highest BCUT2D eigenvalue weighted by Gasteiger charge is 2.11. The Balaban J connectivity index is 1.75. The molecule has 0 bridgehead atoms. The van der Waals surface area contributed by atoms with Crippen LogP contribution in [0.4, 0.5) is 0 Å². The van der Waals surface area contributed by atoms with Crippen molar-refractivity contribution in [1.29, 1.82) is 0 Å². The Bertz CT molecular complexity index is 955.